The van der Waals surface area contributed by atoms with Crippen molar-refractivity contribution < 1.29 is 33.9 Å². The average molecular weight is 266 g/mol. The Hall–Kier alpha value is -0.280. The van der Waals surface area contributed by atoms with Crippen molar-refractivity contribution in [2.45, 2.75) is 18.5 Å². The standard InChI is InChI=1S/C6H10O3.C5H12O4/c1(5-3-8-5)7-2-6-4-9-6;1-8-5(7)4-9-3-2-6/h5-6H,1-4H2;5-7H,2-4H2,1H3. The number of aliphatic hydroxyl groups is 2. The second kappa shape index (κ2) is 9.62. The molecule has 2 N–H and O–H groups in total. The zero-order valence-electron chi connectivity index (χ0n) is 10.6. The van der Waals surface area contributed by atoms with Crippen LogP contribution in [0.25, 0.3) is 0 Å². The minimum absolute atomic E-state index is 0.0313. The molecule has 7 heteroatoms. The smallest absolute Gasteiger partial charge is 0.177 e. The van der Waals surface area contributed by atoms with Crippen molar-refractivity contribution in [1.29, 1.82) is 0 Å². The molecule has 18 heavy (non-hydrogen) atoms. The van der Waals surface area contributed by atoms with Gasteiger partial charge in [-0.15, -0.1) is 0 Å². The number of epoxide rings is 2. The van der Waals surface area contributed by atoms with E-state index in [2.05, 4.69) is 4.74 Å². The largest absolute Gasteiger partial charge is 0.394 e. The Morgan fingerprint density at radius 3 is 2.11 bits per heavy atom. The zero-order valence-corrected chi connectivity index (χ0v) is 10.6. The molecule has 7 nitrogen and oxygen atoms in total. The summed E-state index contributed by atoms with van der Waals surface area (Å²) in [6, 6.07) is 0. The van der Waals surface area contributed by atoms with Gasteiger partial charge in [0.1, 0.15) is 12.2 Å². The van der Waals surface area contributed by atoms with Crippen molar-refractivity contribution in [1.82, 2.24) is 0 Å². The van der Waals surface area contributed by atoms with Crippen molar-refractivity contribution in [3.8, 4) is 0 Å². The van der Waals surface area contributed by atoms with Gasteiger partial charge >= 0.3 is 0 Å². The van der Waals surface area contributed by atoms with Crippen LogP contribution in [0.2, 0.25) is 0 Å². The molecule has 0 aromatic carbocycles. The molecule has 0 aromatic heterocycles. The van der Waals surface area contributed by atoms with Gasteiger partial charge in [0.05, 0.1) is 46.2 Å². The predicted molar refractivity (Wildman–Crippen MR) is 61.2 cm³/mol. The predicted octanol–water partition coefficient (Wildman–Crippen LogP) is -1.24. The number of ether oxygens (including phenoxy) is 5. The summed E-state index contributed by atoms with van der Waals surface area (Å²) < 4.78 is 24.3. The summed E-state index contributed by atoms with van der Waals surface area (Å²) in [4.78, 5) is 0. The first-order valence-corrected chi connectivity index (χ1v) is 5.96. The molecule has 0 spiro atoms. The van der Waals surface area contributed by atoms with Crippen LogP contribution in [0, 0.1) is 0 Å². The van der Waals surface area contributed by atoms with Crippen molar-refractivity contribution in [2.24, 2.45) is 0 Å². The van der Waals surface area contributed by atoms with Gasteiger partial charge in [-0.2, -0.15) is 0 Å². The third kappa shape index (κ3) is 9.72. The van der Waals surface area contributed by atoms with E-state index in [1.807, 2.05) is 0 Å². The van der Waals surface area contributed by atoms with Gasteiger partial charge in [-0.3, -0.25) is 0 Å². The van der Waals surface area contributed by atoms with E-state index in [1.165, 1.54) is 7.11 Å². The van der Waals surface area contributed by atoms with E-state index in [4.69, 9.17) is 29.2 Å². The van der Waals surface area contributed by atoms with Crippen molar-refractivity contribution >= 4 is 0 Å². The second-order valence-electron chi connectivity index (χ2n) is 3.94. The highest BCUT2D eigenvalue weighted by Gasteiger charge is 2.26. The Balaban J connectivity index is 0.000000180. The highest BCUT2D eigenvalue weighted by Crippen LogP contribution is 2.12. The molecule has 2 rings (SSSR count). The fourth-order valence-electron chi connectivity index (χ4n) is 0.976. The lowest BCUT2D eigenvalue weighted by Gasteiger charge is -2.06. The van der Waals surface area contributed by atoms with Crippen LogP contribution >= 0.6 is 0 Å². The average Bonchev–Trinajstić information content (AvgIpc) is 3.24. The van der Waals surface area contributed by atoms with Crippen LogP contribution in [0.5, 0.6) is 0 Å². The molecule has 2 aliphatic rings. The van der Waals surface area contributed by atoms with Crippen LogP contribution < -0.4 is 0 Å². The van der Waals surface area contributed by atoms with E-state index in [0.29, 0.717) is 12.2 Å². The van der Waals surface area contributed by atoms with Crippen LogP contribution in [0.4, 0.5) is 0 Å². The van der Waals surface area contributed by atoms with Crippen molar-refractivity contribution in [2.75, 3.05) is 53.4 Å². The lowest BCUT2D eigenvalue weighted by atomic mass is 10.5. The Kier molecular flexibility index (Phi) is 8.44. The Morgan fingerprint density at radius 2 is 1.72 bits per heavy atom. The van der Waals surface area contributed by atoms with Gasteiger partial charge in [0, 0.05) is 7.11 Å². The molecule has 2 saturated heterocycles. The SMILES string of the molecule is C(OCC1CO1)C1CO1.COC(O)COCCO. The van der Waals surface area contributed by atoms with Crippen molar-refractivity contribution in [3.63, 3.8) is 0 Å². The van der Waals surface area contributed by atoms with Crippen LogP contribution in [0.1, 0.15) is 0 Å². The van der Waals surface area contributed by atoms with Crippen LogP contribution in [-0.2, 0) is 23.7 Å². The molecule has 0 radical (unpaired) electrons. The van der Waals surface area contributed by atoms with Gasteiger partial charge < -0.3 is 33.9 Å². The molecular weight excluding hydrogens is 244 g/mol. The highest BCUT2D eigenvalue weighted by atomic mass is 16.6. The summed E-state index contributed by atoms with van der Waals surface area (Å²) in [5.74, 6) is 0. The maximum atomic E-state index is 8.66. The van der Waals surface area contributed by atoms with E-state index < -0.39 is 6.29 Å². The Morgan fingerprint density at radius 1 is 1.17 bits per heavy atom. The van der Waals surface area contributed by atoms with Gasteiger partial charge in [-0.1, -0.05) is 0 Å². The normalized spacial score (nSPS) is 26.2. The third-order valence-corrected chi connectivity index (χ3v) is 2.18. The first kappa shape index (κ1) is 15.8. The highest BCUT2D eigenvalue weighted by molar-refractivity contribution is 4.71. The fraction of sp³-hybridized carbons (Fsp3) is 1.00. The summed E-state index contributed by atoms with van der Waals surface area (Å²) in [6.07, 6.45) is -0.0935. The summed E-state index contributed by atoms with van der Waals surface area (Å²) in [7, 11) is 1.38. The second-order valence-corrected chi connectivity index (χ2v) is 3.94. The minimum atomic E-state index is -0.878. The molecule has 0 aliphatic carbocycles. The molecule has 0 saturated carbocycles. The lowest BCUT2D eigenvalue weighted by Crippen LogP contribution is -2.18. The third-order valence-electron chi connectivity index (χ3n) is 2.18. The maximum absolute atomic E-state index is 8.66. The summed E-state index contributed by atoms with van der Waals surface area (Å²) in [6.45, 7) is 3.57. The number of hydrogen-bond acceptors (Lipinski definition) is 7. The molecule has 2 fully saturated rings. The molecule has 2 aliphatic heterocycles. The number of rotatable bonds is 9. The molecule has 2 heterocycles. The number of aliphatic hydroxyl groups excluding tert-OH is 2. The van der Waals surface area contributed by atoms with Gasteiger partial charge in [0.15, 0.2) is 6.29 Å². The first-order chi connectivity index (χ1) is 8.76. The Bertz CT molecular complexity index is 182. The monoisotopic (exact) mass is 266 g/mol. The van der Waals surface area contributed by atoms with Crippen molar-refractivity contribution in [3.05, 3.63) is 0 Å². The minimum Gasteiger partial charge on any atom is -0.394 e. The molecule has 108 valence electrons. The molecule has 3 atom stereocenters. The van der Waals surface area contributed by atoms with E-state index in [9.17, 15) is 0 Å². The van der Waals surface area contributed by atoms with Crippen LogP contribution in [0.3, 0.4) is 0 Å². The van der Waals surface area contributed by atoms with E-state index >= 15 is 0 Å². The first-order valence-electron chi connectivity index (χ1n) is 5.96. The van der Waals surface area contributed by atoms with E-state index in [-0.39, 0.29) is 19.8 Å². The van der Waals surface area contributed by atoms with E-state index in [1.54, 1.807) is 0 Å². The number of methoxy groups -OCH3 is 1. The Labute approximate surface area is 107 Å². The van der Waals surface area contributed by atoms with Gasteiger partial charge in [-0.05, 0) is 0 Å². The van der Waals surface area contributed by atoms with Gasteiger partial charge in [0.2, 0.25) is 0 Å². The molecule has 0 bridgehead atoms. The van der Waals surface area contributed by atoms with Gasteiger partial charge in [-0.25, -0.2) is 0 Å². The summed E-state index contributed by atoms with van der Waals surface area (Å²) in [5, 5.41) is 16.9. The molecule has 3 unspecified atom stereocenters. The van der Waals surface area contributed by atoms with Gasteiger partial charge in [0.25, 0.3) is 0 Å². The quantitative estimate of drug-likeness (QED) is 0.306. The topological polar surface area (TPSA) is 93.2 Å². The van der Waals surface area contributed by atoms with Crippen LogP contribution in [0.15, 0.2) is 0 Å². The maximum Gasteiger partial charge on any atom is 0.177 e. The van der Waals surface area contributed by atoms with E-state index in [0.717, 1.165) is 26.4 Å². The summed E-state index contributed by atoms with van der Waals surface area (Å²) >= 11 is 0. The summed E-state index contributed by atoms with van der Waals surface area (Å²) in [5.41, 5.74) is 0. The molecule has 0 aromatic rings. The van der Waals surface area contributed by atoms with Crippen LogP contribution in [-0.4, -0.2) is 82.1 Å². The zero-order chi connectivity index (χ0) is 13.2. The fourth-order valence-corrected chi connectivity index (χ4v) is 0.976. The lowest BCUT2D eigenvalue weighted by molar-refractivity contribution is -0.121. The number of hydrogen-bond donors (Lipinski definition) is 2. The molecular formula is C11H22O7. The molecule has 0 amide bonds.